The molecule has 0 unspecified atom stereocenters. The minimum atomic E-state index is -0.0933. The molecule has 0 radical (unpaired) electrons. The maximum Gasteiger partial charge on any atom is 0.0543 e. The first-order valence-electron chi connectivity index (χ1n) is 21.1. The van der Waals surface area contributed by atoms with Crippen LogP contribution in [0, 0.1) is 0 Å². The zero-order chi connectivity index (χ0) is 38.6. The first-order valence-corrected chi connectivity index (χ1v) is 21.1. The van der Waals surface area contributed by atoms with Crippen molar-refractivity contribution in [2.24, 2.45) is 0 Å². The summed E-state index contributed by atoms with van der Waals surface area (Å²) in [6.07, 6.45) is 4.47. The Hall–Kier alpha value is -6.44. The van der Waals surface area contributed by atoms with E-state index in [2.05, 4.69) is 207 Å². The number of hydrogen-bond acceptors (Lipinski definition) is 1. The fraction of sp³-hybridized carbons (Fsp3) is 0.158. The molecule has 0 atom stereocenters. The Balaban J connectivity index is 1.03. The standard InChI is InChI=1S/C57H45N/c1-55(2)47-21-10-9-20-46(47)54-51(55)25-14-26-53(54)58(40-29-27-39(28-30-40)38-15-4-3-5-16-38)41-31-32-45-44-19-8-13-24-50(44)57(52(45)37-41)35-33-56(34-36-57)48-22-11-6-17-42(48)43-18-7-12-23-49(43)56/h3-32,37H,33-36H2,1-2H3. The van der Waals surface area contributed by atoms with E-state index in [1.807, 2.05) is 0 Å². The molecule has 0 aromatic heterocycles. The van der Waals surface area contributed by atoms with Crippen molar-refractivity contribution < 1.29 is 0 Å². The van der Waals surface area contributed by atoms with Crippen LogP contribution in [0.25, 0.3) is 44.5 Å². The third-order valence-electron chi connectivity index (χ3n) is 14.7. The summed E-state index contributed by atoms with van der Waals surface area (Å²) in [5.74, 6) is 0. The average Bonchev–Trinajstić information content (AvgIpc) is 3.81. The van der Waals surface area contributed by atoms with Gasteiger partial charge in [-0.25, -0.2) is 0 Å². The molecule has 1 fully saturated rings. The first-order chi connectivity index (χ1) is 28.5. The van der Waals surface area contributed by atoms with E-state index in [-0.39, 0.29) is 16.2 Å². The van der Waals surface area contributed by atoms with Crippen molar-refractivity contribution in [2.45, 2.75) is 55.8 Å². The lowest BCUT2D eigenvalue weighted by Crippen LogP contribution is -2.39. The van der Waals surface area contributed by atoms with Gasteiger partial charge in [-0.1, -0.05) is 172 Å². The third-order valence-corrected chi connectivity index (χ3v) is 14.7. The van der Waals surface area contributed by atoms with E-state index in [1.54, 1.807) is 0 Å². The molecule has 12 rings (SSSR count). The highest BCUT2D eigenvalue weighted by molar-refractivity contribution is 5.96. The molecule has 4 aliphatic rings. The van der Waals surface area contributed by atoms with Crippen LogP contribution in [-0.4, -0.2) is 0 Å². The second kappa shape index (κ2) is 12.3. The van der Waals surface area contributed by atoms with Gasteiger partial charge in [0, 0.05) is 33.2 Å². The molecule has 2 spiro atoms. The lowest BCUT2D eigenvalue weighted by Gasteiger charge is -2.45. The molecule has 1 heteroatoms. The van der Waals surface area contributed by atoms with Crippen molar-refractivity contribution in [2.75, 3.05) is 4.90 Å². The van der Waals surface area contributed by atoms with Crippen LogP contribution < -0.4 is 4.90 Å². The zero-order valence-electron chi connectivity index (χ0n) is 33.2. The van der Waals surface area contributed by atoms with E-state index in [1.165, 1.54) is 95.0 Å². The Morgan fingerprint density at radius 1 is 0.345 bits per heavy atom. The molecule has 0 heterocycles. The number of nitrogens with zero attached hydrogens (tertiary/aromatic N) is 1. The second-order valence-electron chi connectivity index (χ2n) is 17.6. The van der Waals surface area contributed by atoms with Crippen LogP contribution in [-0.2, 0) is 16.2 Å². The first kappa shape index (κ1) is 33.7. The molecule has 0 N–H and O–H groups in total. The van der Waals surface area contributed by atoms with Gasteiger partial charge in [0.15, 0.2) is 0 Å². The Morgan fingerprint density at radius 2 is 0.793 bits per heavy atom. The van der Waals surface area contributed by atoms with Crippen molar-refractivity contribution >= 4 is 17.1 Å². The fourth-order valence-corrected chi connectivity index (χ4v) is 12.0. The van der Waals surface area contributed by atoms with Gasteiger partial charge < -0.3 is 4.90 Å². The summed E-state index contributed by atoms with van der Waals surface area (Å²) in [6.45, 7) is 4.77. The minimum Gasteiger partial charge on any atom is -0.310 e. The normalized spacial score (nSPS) is 16.6. The third kappa shape index (κ3) is 4.53. The van der Waals surface area contributed by atoms with Gasteiger partial charge in [0.25, 0.3) is 0 Å². The van der Waals surface area contributed by atoms with E-state index in [9.17, 15) is 0 Å². The van der Waals surface area contributed by atoms with Gasteiger partial charge in [-0.2, -0.15) is 0 Å². The van der Waals surface area contributed by atoms with Gasteiger partial charge in [-0.05, 0) is 128 Å². The van der Waals surface area contributed by atoms with Crippen molar-refractivity contribution in [1.29, 1.82) is 0 Å². The largest absolute Gasteiger partial charge is 0.310 e. The monoisotopic (exact) mass is 743 g/mol. The highest BCUT2D eigenvalue weighted by Crippen LogP contribution is 2.64. The smallest absolute Gasteiger partial charge is 0.0543 e. The van der Waals surface area contributed by atoms with Crippen LogP contribution in [0.2, 0.25) is 0 Å². The van der Waals surface area contributed by atoms with E-state index in [0.29, 0.717) is 0 Å². The van der Waals surface area contributed by atoms with Crippen molar-refractivity contribution in [3.05, 3.63) is 221 Å². The molecule has 1 nitrogen and oxygen atoms in total. The molecular weight excluding hydrogens is 699 g/mol. The molecule has 58 heavy (non-hydrogen) atoms. The summed E-state index contributed by atoms with van der Waals surface area (Å²) in [6, 6.07) is 71.2. The van der Waals surface area contributed by atoms with E-state index in [4.69, 9.17) is 0 Å². The van der Waals surface area contributed by atoms with Gasteiger partial charge in [0.1, 0.15) is 0 Å². The van der Waals surface area contributed by atoms with Crippen LogP contribution in [0.5, 0.6) is 0 Å². The van der Waals surface area contributed by atoms with Gasteiger partial charge in [0.2, 0.25) is 0 Å². The van der Waals surface area contributed by atoms with Gasteiger partial charge in [-0.3, -0.25) is 0 Å². The Morgan fingerprint density at radius 3 is 1.40 bits per heavy atom. The quantitative estimate of drug-likeness (QED) is 0.173. The van der Waals surface area contributed by atoms with E-state index < -0.39 is 0 Å². The highest BCUT2D eigenvalue weighted by Gasteiger charge is 2.53. The van der Waals surface area contributed by atoms with Gasteiger partial charge >= 0.3 is 0 Å². The van der Waals surface area contributed by atoms with Crippen molar-refractivity contribution in [1.82, 2.24) is 0 Å². The summed E-state index contributed by atoms with van der Waals surface area (Å²) in [4.78, 5) is 2.55. The number of benzene rings is 8. The van der Waals surface area contributed by atoms with Crippen LogP contribution in [0.4, 0.5) is 17.1 Å². The SMILES string of the molecule is CC1(C)c2ccccc2-c2c(N(c3ccc(-c4ccccc4)cc3)c3ccc4c(c3)C3(CCC5(CC3)c3ccccc3-c3ccccc35)c3ccccc3-4)cccc21. The zero-order valence-corrected chi connectivity index (χ0v) is 33.2. The van der Waals surface area contributed by atoms with Crippen LogP contribution in [0.15, 0.2) is 188 Å². The highest BCUT2D eigenvalue weighted by atomic mass is 15.1. The molecule has 4 aliphatic carbocycles. The Kier molecular flexibility index (Phi) is 7.13. The lowest BCUT2D eigenvalue weighted by atomic mass is 9.57. The summed E-state index contributed by atoms with van der Waals surface area (Å²) in [7, 11) is 0. The molecule has 8 aromatic carbocycles. The molecule has 0 aliphatic heterocycles. The maximum atomic E-state index is 2.58. The van der Waals surface area contributed by atoms with Crippen LogP contribution >= 0.6 is 0 Å². The number of hydrogen-bond donors (Lipinski definition) is 0. The van der Waals surface area contributed by atoms with Crippen molar-refractivity contribution in [3.8, 4) is 44.5 Å². The Bertz CT molecular complexity index is 2880. The predicted molar refractivity (Wildman–Crippen MR) is 241 cm³/mol. The average molecular weight is 744 g/mol. The second-order valence-corrected chi connectivity index (χ2v) is 17.6. The maximum absolute atomic E-state index is 2.58. The number of anilines is 3. The molecule has 0 bridgehead atoms. The molecule has 8 aromatic rings. The lowest BCUT2D eigenvalue weighted by molar-refractivity contribution is 0.265. The van der Waals surface area contributed by atoms with Crippen LogP contribution in [0.1, 0.15) is 72.9 Å². The van der Waals surface area contributed by atoms with Crippen molar-refractivity contribution in [3.63, 3.8) is 0 Å². The predicted octanol–water partition coefficient (Wildman–Crippen LogP) is 14.9. The van der Waals surface area contributed by atoms with Crippen LogP contribution in [0.3, 0.4) is 0 Å². The summed E-state index contributed by atoms with van der Waals surface area (Å²) >= 11 is 0. The summed E-state index contributed by atoms with van der Waals surface area (Å²) in [5, 5.41) is 0. The van der Waals surface area contributed by atoms with Gasteiger partial charge in [-0.15, -0.1) is 0 Å². The molecule has 1 saturated carbocycles. The Labute approximate surface area is 342 Å². The summed E-state index contributed by atoms with van der Waals surface area (Å²) < 4.78 is 0. The number of fused-ring (bicyclic) bond motifs is 13. The van der Waals surface area contributed by atoms with E-state index >= 15 is 0 Å². The fourth-order valence-electron chi connectivity index (χ4n) is 12.0. The van der Waals surface area contributed by atoms with Gasteiger partial charge in [0.05, 0.1) is 5.69 Å². The topological polar surface area (TPSA) is 3.24 Å². The minimum absolute atomic E-state index is 0.0467. The molecule has 0 saturated heterocycles. The summed E-state index contributed by atoms with van der Waals surface area (Å²) in [5.41, 5.74) is 23.1. The molecule has 278 valence electrons. The number of rotatable bonds is 4. The molecular formula is C57H45N. The molecule has 0 amide bonds. The van der Waals surface area contributed by atoms with E-state index in [0.717, 1.165) is 25.7 Å².